The number of hydrogen-bond donors (Lipinski definition) is 1. The minimum atomic E-state index is -0.190. The van der Waals surface area contributed by atoms with E-state index in [-0.39, 0.29) is 12.1 Å². The summed E-state index contributed by atoms with van der Waals surface area (Å²) < 4.78 is 7.54. The zero-order valence-corrected chi connectivity index (χ0v) is 11.7. The fraction of sp³-hybridized carbons (Fsp3) is 0.750. The van der Waals surface area contributed by atoms with E-state index >= 15 is 0 Å². The number of nitrogens with zero attached hydrogens (tertiary/aromatic N) is 3. The van der Waals surface area contributed by atoms with Crippen LogP contribution in [0.2, 0.25) is 5.02 Å². The Labute approximate surface area is 113 Å². The minimum Gasteiger partial charge on any atom is -0.376 e. The van der Waals surface area contributed by atoms with E-state index in [0.29, 0.717) is 5.02 Å². The van der Waals surface area contributed by atoms with Gasteiger partial charge in [0.1, 0.15) is 0 Å². The van der Waals surface area contributed by atoms with Crippen LogP contribution in [-0.2, 0) is 11.3 Å². The molecule has 1 saturated heterocycles. The topological polar surface area (TPSA) is 56.3 Å². The lowest BCUT2D eigenvalue weighted by Gasteiger charge is -2.21. The van der Waals surface area contributed by atoms with Crippen LogP contribution < -0.4 is 5.73 Å². The zero-order valence-electron chi connectivity index (χ0n) is 11.0. The predicted molar refractivity (Wildman–Crippen MR) is 71.7 cm³/mol. The first kappa shape index (κ1) is 13.8. The molecule has 2 N–H and O–H groups in total. The van der Waals surface area contributed by atoms with Gasteiger partial charge in [-0.2, -0.15) is 5.10 Å². The van der Waals surface area contributed by atoms with Crippen LogP contribution in [0.4, 0.5) is 0 Å². The number of halogens is 1. The molecule has 2 unspecified atom stereocenters. The monoisotopic (exact) mass is 272 g/mol. The van der Waals surface area contributed by atoms with Gasteiger partial charge in [0.2, 0.25) is 0 Å². The summed E-state index contributed by atoms with van der Waals surface area (Å²) in [5, 5.41) is 4.94. The van der Waals surface area contributed by atoms with Crippen molar-refractivity contribution in [3.8, 4) is 0 Å². The van der Waals surface area contributed by atoms with Crippen molar-refractivity contribution in [2.75, 3.05) is 27.2 Å². The molecular weight excluding hydrogens is 252 g/mol. The lowest BCUT2D eigenvalue weighted by Crippen LogP contribution is -2.30. The summed E-state index contributed by atoms with van der Waals surface area (Å²) >= 11 is 6.20. The van der Waals surface area contributed by atoms with Crippen LogP contribution in [0.3, 0.4) is 0 Å². The van der Waals surface area contributed by atoms with Gasteiger partial charge in [-0.25, -0.2) is 0 Å². The van der Waals surface area contributed by atoms with Crippen LogP contribution in [0.5, 0.6) is 0 Å². The lowest BCUT2D eigenvalue weighted by atomic mass is 10.1. The van der Waals surface area contributed by atoms with E-state index in [1.54, 1.807) is 6.20 Å². The molecule has 102 valence electrons. The van der Waals surface area contributed by atoms with E-state index < -0.39 is 0 Å². The highest BCUT2D eigenvalue weighted by atomic mass is 35.5. The lowest BCUT2D eigenvalue weighted by molar-refractivity contribution is 0.0874. The third-order valence-corrected chi connectivity index (χ3v) is 3.56. The molecule has 0 amide bonds. The van der Waals surface area contributed by atoms with Gasteiger partial charge in [-0.3, -0.25) is 4.68 Å². The SMILES string of the molecule is CN(C)CCn1ncc(Cl)c1C(N)C1CCCO1. The Morgan fingerprint density at radius 3 is 3.06 bits per heavy atom. The van der Waals surface area contributed by atoms with E-state index in [1.807, 2.05) is 18.8 Å². The Kier molecular flexibility index (Phi) is 4.61. The Morgan fingerprint density at radius 1 is 1.67 bits per heavy atom. The van der Waals surface area contributed by atoms with Crippen LogP contribution in [-0.4, -0.2) is 48.0 Å². The third-order valence-electron chi connectivity index (χ3n) is 3.27. The highest BCUT2D eigenvalue weighted by Crippen LogP contribution is 2.29. The average molecular weight is 273 g/mol. The second kappa shape index (κ2) is 6.02. The second-order valence-corrected chi connectivity index (χ2v) is 5.39. The van der Waals surface area contributed by atoms with Crippen molar-refractivity contribution < 1.29 is 4.74 Å². The highest BCUT2D eigenvalue weighted by Gasteiger charge is 2.28. The molecule has 0 saturated carbocycles. The van der Waals surface area contributed by atoms with Gasteiger partial charge in [-0.1, -0.05) is 11.6 Å². The molecule has 6 heteroatoms. The molecule has 1 fully saturated rings. The van der Waals surface area contributed by atoms with Gasteiger partial charge in [0, 0.05) is 13.2 Å². The van der Waals surface area contributed by atoms with Crippen LogP contribution in [0.1, 0.15) is 24.6 Å². The van der Waals surface area contributed by atoms with Gasteiger partial charge in [-0.15, -0.1) is 0 Å². The predicted octanol–water partition coefficient (Wildman–Crippen LogP) is 1.28. The zero-order chi connectivity index (χ0) is 13.1. The van der Waals surface area contributed by atoms with Crippen molar-refractivity contribution in [1.29, 1.82) is 0 Å². The summed E-state index contributed by atoms with van der Waals surface area (Å²) in [5.74, 6) is 0. The molecule has 0 bridgehead atoms. The number of rotatable bonds is 5. The normalized spacial score (nSPS) is 21.7. The van der Waals surface area contributed by atoms with Crippen molar-refractivity contribution in [2.45, 2.75) is 31.5 Å². The van der Waals surface area contributed by atoms with Gasteiger partial charge in [0.05, 0.1) is 35.6 Å². The number of nitrogens with two attached hydrogens (primary N) is 1. The summed E-state index contributed by atoms with van der Waals surface area (Å²) in [4.78, 5) is 2.11. The molecule has 0 radical (unpaired) electrons. The first-order valence-corrected chi connectivity index (χ1v) is 6.70. The molecule has 0 aromatic carbocycles. The van der Waals surface area contributed by atoms with E-state index in [9.17, 15) is 0 Å². The molecule has 1 aromatic rings. The molecule has 18 heavy (non-hydrogen) atoms. The van der Waals surface area contributed by atoms with Crippen molar-refractivity contribution in [1.82, 2.24) is 14.7 Å². The maximum absolute atomic E-state index is 6.27. The summed E-state index contributed by atoms with van der Waals surface area (Å²) in [6.07, 6.45) is 3.80. The standard InChI is InChI=1S/C12H21ClN4O/c1-16(2)5-6-17-12(9(13)8-15-17)11(14)10-4-3-7-18-10/h8,10-11H,3-7,14H2,1-2H3. The van der Waals surface area contributed by atoms with Gasteiger partial charge in [-0.05, 0) is 26.9 Å². The summed E-state index contributed by atoms with van der Waals surface area (Å²) in [6, 6.07) is -0.190. The fourth-order valence-electron chi connectivity index (χ4n) is 2.24. The molecule has 0 aliphatic carbocycles. The molecule has 5 nitrogen and oxygen atoms in total. The van der Waals surface area contributed by atoms with Crippen LogP contribution in [0.15, 0.2) is 6.20 Å². The second-order valence-electron chi connectivity index (χ2n) is 4.98. The summed E-state index contributed by atoms with van der Waals surface area (Å²) in [5.41, 5.74) is 7.16. The summed E-state index contributed by atoms with van der Waals surface area (Å²) in [7, 11) is 4.07. The fourth-order valence-corrected chi connectivity index (χ4v) is 2.51. The molecular formula is C12H21ClN4O. The molecule has 1 aliphatic rings. The van der Waals surface area contributed by atoms with Crippen LogP contribution in [0, 0.1) is 0 Å². The van der Waals surface area contributed by atoms with Crippen molar-refractivity contribution in [3.05, 3.63) is 16.9 Å². The molecule has 2 atom stereocenters. The van der Waals surface area contributed by atoms with E-state index in [1.165, 1.54) is 0 Å². The molecule has 2 heterocycles. The smallest absolute Gasteiger partial charge is 0.0835 e. The number of likely N-dealkylation sites (N-methyl/N-ethyl adjacent to an activating group) is 1. The first-order chi connectivity index (χ1) is 8.59. The van der Waals surface area contributed by atoms with E-state index in [4.69, 9.17) is 22.1 Å². The molecule has 1 aromatic heterocycles. The Hall–Kier alpha value is -0.620. The minimum absolute atomic E-state index is 0.0670. The number of ether oxygens (including phenoxy) is 1. The molecule has 1 aliphatic heterocycles. The number of aromatic nitrogens is 2. The van der Waals surface area contributed by atoms with Crippen molar-refractivity contribution >= 4 is 11.6 Å². The maximum Gasteiger partial charge on any atom is 0.0835 e. The maximum atomic E-state index is 6.27. The summed E-state index contributed by atoms with van der Waals surface area (Å²) in [6.45, 7) is 2.49. The quantitative estimate of drug-likeness (QED) is 0.877. The largest absolute Gasteiger partial charge is 0.376 e. The van der Waals surface area contributed by atoms with Gasteiger partial charge in [0.15, 0.2) is 0 Å². The Morgan fingerprint density at radius 2 is 2.44 bits per heavy atom. The average Bonchev–Trinajstić information content (AvgIpc) is 2.94. The van der Waals surface area contributed by atoms with Gasteiger partial charge in [0.25, 0.3) is 0 Å². The highest BCUT2D eigenvalue weighted by molar-refractivity contribution is 6.31. The van der Waals surface area contributed by atoms with E-state index in [0.717, 1.165) is 38.2 Å². The molecule has 0 spiro atoms. The Bertz CT molecular complexity index is 387. The van der Waals surface area contributed by atoms with E-state index in [2.05, 4.69) is 10.00 Å². The van der Waals surface area contributed by atoms with Gasteiger partial charge < -0.3 is 15.4 Å². The van der Waals surface area contributed by atoms with Crippen molar-refractivity contribution in [3.63, 3.8) is 0 Å². The van der Waals surface area contributed by atoms with Crippen LogP contribution in [0.25, 0.3) is 0 Å². The van der Waals surface area contributed by atoms with Crippen molar-refractivity contribution in [2.24, 2.45) is 5.73 Å². The van der Waals surface area contributed by atoms with Gasteiger partial charge >= 0.3 is 0 Å². The molecule has 2 rings (SSSR count). The first-order valence-electron chi connectivity index (χ1n) is 6.32. The third kappa shape index (κ3) is 3.03. The number of hydrogen-bond acceptors (Lipinski definition) is 4. The Balaban J connectivity index is 2.12. The van der Waals surface area contributed by atoms with Crippen LogP contribution >= 0.6 is 11.6 Å².